The molecule has 1 aliphatic heterocycles. The van der Waals surface area contributed by atoms with Crippen LogP contribution in [0.1, 0.15) is 24.4 Å². The molecule has 0 saturated carbocycles. The van der Waals surface area contributed by atoms with E-state index in [9.17, 15) is 9.59 Å². The van der Waals surface area contributed by atoms with E-state index >= 15 is 0 Å². The average Bonchev–Trinajstić information content (AvgIpc) is 3.20. The van der Waals surface area contributed by atoms with Crippen molar-refractivity contribution in [1.29, 1.82) is 0 Å². The van der Waals surface area contributed by atoms with E-state index < -0.39 is 0 Å². The Morgan fingerprint density at radius 3 is 2.74 bits per heavy atom. The third-order valence-corrected chi connectivity index (χ3v) is 4.99. The average molecular weight is 364 g/mol. The Hall–Kier alpha value is -3.22. The minimum Gasteiger partial charge on any atom is -0.497 e. The number of aromatic nitrogens is 3. The number of hydrogen-bond donors (Lipinski definition) is 0. The summed E-state index contributed by atoms with van der Waals surface area (Å²) in [6.45, 7) is 0.564. The number of ether oxygens (including phenoxy) is 1. The van der Waals surface area contributed by atoms with Crippen LogP contribution in [0.3, 0.4) is 0 Å². The summed E-state index contributed by atoms with van der Waals surface area (Å²) >= 11 is 0. The maximum absolute atomic E-state index is 12.9. The van der Waals surface area contributed by atoms with E-state index in [0.717, 1.165) is 28.8 Å². The predicted octanol–water partition coefficient (Wildman–Crippen LogP) is 2.16. The lowest BCUT2D eigenvalue weighted by molar-refractivity contribution is -0.133. The fourth-order valence-corrected chi connectivity index (χ4v) is 3.58. The van der Waals surface area contributed by atoms with Gasteiger partial charge in [-0.1, -0.05) is 29.5 Å². The fraction of sp³-hybridized carbons (Fsp3) is 0.300. The molecule has 1 aromatic heterocycles. The standard InChI is InChI=1S/C20H20N4O3/c1-27-15-10-8-14(9-11-15)18-7-4-12-23(18)19(25)13-24-20(26)16-5-2-3-6-17(16)21-22-24/h2-3,5-6,8-11,18H,4,7,12-13H2,1H3/t18-/m1/s1. The van der Waals surface area contributed by atoms with Crippen molar-refractivity contribution in [3.05, 3.63) is 64.4 Å². The van der Waals surface area contributed by atoms with Crippen molar-refractivity contribution in [2.75, 3.05) is 13.7 Å². The molecule has 4 rings (SSSR count). The van der Waals surface area contributed by atoms with Gasteiger partial charge in [0.1, 0.15) is 17.8 Å². The van der Waals surface area contributed by atoms with E-state index in [1.54, 1.807) is 31.4 Å². The van der Waals surface area contributed by atoms with Gasteiger partial charge in [-0.25, -0.2) is 4.68 Å². The summed E-state index contributed by atoms with van der Waals surface area (Å²) in [5.74, 6) is 0.660. The third-order valence-electron chi connectivity index (χ3n) is 4.99. The smallest absolute Gasteiger partial charge is 0.278 e. The highest BCUT2D eigenvalue weighted by atomic mass is 16.5. The molecule has 0 spiro atoms. The second-order valence-corrected chi connectivity index (χ2v) is 6.59. The summed E-state index contributed by atoms with van der Waals surface area (Å²) in [4.78, 5) is 27.3. The summed E-state index contributed by atoms with van der Waals surface area (Å²) in [6, 6.07) is 14.8. The number of amides is 1. The van der Waals surface area contributed by atoms with E-state index in [0.29, 0.717) is 17.4 Å². The van der Waals surface area contributed by atoms with Crippen LogP contribution in [0.15, 0.2) is 53.3 Å². The minimum atomic E-state index is -0.297. The maximum Gasteiger partial charge on any atom is 0.278 e. The van der Waals surface area contributed by atoms with E-state index in [-0.39, 0.29) is 24.1 Å². The van der Waals surface area contributed by atoms with Crippen molar-refractivity contribution in [1.82, 2.24) is 19.9 Å². The zero-order valence-corrected chi connectivity index (χ0v) is 15.0. The third kappa shape index (κ3) is 3.28. The number of rotatable bonds is 4. The number of fused-ring (bicyclic) bond motifs is 1. The molecule has 2 heterocycles. The van der Waals surface area contributed by atoms with E-state index in [2.05, 4.69) is 10.3 Å². The molecule has 27 heavy (non-hydrogen) atoms. The Balaban J connectivity index is 1.57. The first kappa shape index (κ1) is 17.2. The number of hydrogen-bond acceptors (Lipinski definition) is 5. The van der Waals surface area contributed by atoms with E-state index in [4.69, 9.17) is 4.74 Å². The van der Waals surface area contributed by atoms with Crippen LogP contribution >= 0.6 is 0 Å². The van der Waals surface area contributed by atoms with E-state index in [1.165, 1.54) is 0 Å². The first-order chi connectivity index (χ1) is 13.2. The topological polar surface area (TPSA) is 77.3 Å². The molecular weight excluding hydrogens is 344 g/mol. The molecular formula is C20H20N4O3. The van der Waals surface area contributed by atoms with Gasteiger partial charge in [-0.3, -0.25) is 9.59 Å². The number of methoxy groups -OCH3 is 1. The van der Waals surface area contributed by atoms with Crippen LogP contribution in [0.25, 0.3) is 10.9 Å². The highest BCUT2D eigenvalue weighted by molar-refractivity contribution is 5.79. The molecule has 3 aromatic rings. The van der Waals surface area contributed by atoms with E-state index in [1.807, 2.05) is 29.2 Å². The SMILES string of the molecule is COc1ccc([C@H]2CCCN2C(=O)Cn2nnc3ccccc3c2=O)cc1. The monoisotopic (exact) mass is 364 g/mol. The molecule has 1 amide bonds. The molecule has 138 valence electrons. The van der Waals surface area contributed by atoms with Gasteiger partial charge in [0.2, 0.25) is 5.91 Å². The summed E-state index contributed by atoms with van der Waals surface area (Å²) in [7, 11) is 1.63. The maximum atomic E-state index is 12.9. The van der Waals surface area contributed by atoms with Crippen molar-refractivity contribution < 1.29 is 9.53 Å². The van der Waals surface area contributed by atoms with Crippen LogP contribution < -0.4 is 10.3 Å². The Morgan fingerprint density at radius 2 is 1.96 bits per heavy atom. The lowest BCUT2D eigenvalue weighted by Crippen LogP contribution is -2.37. The molecule has 0 aliphatic carbocycles. The van der Waals surface area contributed by atoms with Gasteiger partial charge >= 0.3 is 0 Å². The first-order valence-corrected chi connectivity index (χ1v) is 8.93. The minimum absolute atomic E-state index is 0.00697. The van der Waals surface area contributed by atoms with Crippen LogP contribution in [0, 0.1) is 0 Å². The molecule has 0 bridgehead atoms. The molecule has 1 atom stereocenters. The number of likely N-dealkylation sites (tertiary alicyclic amines) is 1. The van der Waals surface area contributed by atoms with Crippen LogP contribution in [0.4, 0.5) is 0 Å². The van der Waals surface area contributed by atoms with Gasteiger partial charge in [-0.2, -0.15) is 0 Å². The second kappa shape index (κ2) is 7.19. The molecule has 0 N–H and O–H groups in total. The molecule has 1 fully saturated rings. The van der Waals surface area contributed by atoms with Crippen molar-refractivity contribution in [2.45, 2.75) is 25.4 Å². The quantitative estimate of drug-likeness (QED) is 0.709. The number of benzene rings is 2. The summed E-state index contributed by atoms with van der Waals surface area (Å²) < 4.78 is 6.35. The highest BCUT2D eigenvalue weighted by Crippen LogP contribution is 2.32. The largest absolute Gasteiger partial charge is 0.497 e. The highest BCUT2D eigenvalue weighted by Gasteiger charge is 2.30. The lowest BCUT2D eigenvalue weighted by atomic mass is 10.0. The zero-order chi connectivity index (χ0) is 18.8. The van der Waals surface area contributed by atoms with Crippen LogP contribution in [0.5, 0.6) is 5.75 Å². The van der Waals surface area contributed by atoms with Crippen molar-refractivity contribution in [3.63, 3.8) is 0 Å². The normalized spacial score (nSPS) is 16.6. The molecule has 0 radical (unpaired) electrons. The first-order valence-electron chi connectivity index (χ1n) is 8.93. The van der Waals surface area contributed by atoms with Gasteiger partial charge in [0.05, 0.1) is 18.5 Å². The molecule has 1 saturated heterocycles. The Kier molecular flexibility index (Phi) is 4.58. The van der Waals surface area contributed by atoms with Gasteiger partial charge in [-0.15, -0.1) is 5.10 Å². The number of carbonyl (C=O) groups excluding carboxylic acids is 1. The molecule has 7 nitrogen and oxygen atoms in total. The van der Waals surface area contributed by atoms with Gasteiger partial charge in [-0.05, 0) is 42.7 Å². The number of carbonyl (C=O) groups is 1. The van der Waals surface area contributed by atoms with Gasteiger partial charge in [0.25, 0.3) is 5.56 Å². The fourth-order valence-electron chi connectivity index (χ4n) is 3.58. The zero-order valence-electron chi connectivity index (χ0n) is 15.0. The Bertz CT molecular complexity index is 1030. The number of nitrogens with zero attached hydrogens (tertiary/aromatic N) is 4. The summed E-state index contributed by atoms with van der Waals surface area (Å²) in [5, 5.41) is 8.44. The van der Waals surface area contributed by atoms with Crippen LogP contribution in [-0.2, 0) is 11.3 Å². The molecule has 2 aromatic carbocycles. The van der Waals surface area contributed by atoms with Gasteiger partial charge in [0.15, 0.2) is 0 Å². The van der Waals surface area contributed by atoms with Gasteiger partial charge in [0, 0.05) is 6.54 Å². The van der Waals surface area contributed by atoms with Crippen molar-refractivity contribution in [3.8, 4) is 5.75 Å². The summed E-state index contributed by atoms with van der Waals surface area (Å²) in [5.41, 5.74) is 1.30. The lowest BCUT2D eigenvalue weighted by Gasteiger charge is -2.25. The van der Waals surface area contributed by atoms with Gasteiger partial charge < -0.3 is 9.64 Å². The molecule has 1 aliphatic rings. The Labute approximate surface area is 156 Å². The van der Waals surface area contributed by atoms with Crippen LogP contribution in [0.2, 0.25) is 0 Å². The van der Waals surface area contributed by atoms with Crippen molar-refractivity contribution >= 4 is 16.8 Å². The molecule has 0 unspecified atom stereocenters. The second-order valence-electron chi connectivity index (χ2n) is 6.59. The summed E-state index contributed by atoms with van der Waals surface area (Å²) in [6.07, 6.45) is 1.83. The van der Waals surface area contributed by atoms with Crippen LogP contribution in [-0.4, -0.2) is 39.5 Å². The Morgan fingerprint density at radius 1 is 1.19 bits per heavy atom. The molecule has 7 heteroatoms. The van der Waals surface area contributed by atoms with Crippen molar-refractivity contribution in [2.24, 2.45) is 0 Å². The predicted molar refractivity (Wildman–Crippen MR) is 100 cm³/mol.